The summed E-state index contributed by atoms with van der Waals surface area (Å²) in [5, 5.41) is 7.85. The molecule has 7 heavy (non-hydrogen) atoms. The number of hydrogen-bond acceptors (Lipinski definition) is 2. The van der Waals surface area contributed by atoms with Gasteiger partial charge in [0.15, 0.2) is 6.29 Å². The minimum absolute atomic E-state index is 0.197. The Labute approximate surface area is 40.3 Å². The van der Waals surface area contributed by atoms with Gasteiger partial charge in [-0.1, -0.05) is 6.58 Å². The molecule has 0 amide bonds. The second-order valence-corrected chi connectivity index (χ2v) is 0.948. The minimum Gasteiger partial charge on any atom is -0.478 e. The highest BCUT2D eigenvalue weighted by atomic mass is 16.4. The Kier molecular flexibility index (Phi) is 1.78. The van der Waals surface area contributed by atoms with Gasteiger partial charge in [-0.25, -0.2) is 4.79 Å². The zero-order valence-electron chi connectivity index (χ0n) is 3.55. The molecule has 0 aliphatic heterocycles. The maximum Gasteiger partial charge on any atom is 0.338 e. The van der Waals surface area contributed by atoms with Crippen molar-refractivity contribution in [1.82, 2.24) is 0 Å². The Hall–Kier alpha value is -1.12. The minimum atomic E-state index is -1.27. The lowest BCUT2D eigenvalue weighted by atomic mass is 10.4. The number of aliphatic carboxylic acids is 1. The molecule has 1 N–H and O–H groups in total. The lowest BCUT2D eigenvalue weighted by molar-refractivity contribution is -0.133. The summed E-state index contributed by atoms with van der Waals surface area (Å²) in [5.41, 5.74) is -0.417. The van der Waals surface area contributed by atoms with E-state index in [4.69, 9.17) is 5.11 Å². The van der Waals surface area contributed by atoms with E-state index in [1.165, 1.54) is 0 Å². The van der Waals surface area contributed by atoms with Crippen LogP contribution >= 0.6 is 0 Å². The van der Waals surface area contributed by atoms with Crippen molar-refractivity contribution in [2.75, 3.05) is 0 Å². The first kappa shape index (κ1) is 5.88. The average Bonchev–Trinajstić information content (AvgIpc) is 1.65. The first-order valence-corrected chi connectivity index (χ1v) is 1.56. The van der Waals surface area contributed by atoms with Gasteiger partial charge in [0.1, 0.15) is 0 Å². The highest BCUT2D eigenvalue weighted by molar-refractivity contribution is 6.05. The molecule has 0 spiro atoms. The van der Waals surface area contributed by atoms with E-state index in [2.05, 4.69) is 6.58 Å². The van der Waals surface area contributed by atoms with Crippen LogP contribution in [0.5, 0.6) is 0 Å². The molecular weight excluding hydrogens is 96.0 g/mol. The van der Waals surface area contributed by atoms with E-state index in [9.17, 15) is 9.59 Å². The smallest absolute Gasteiger partial charge is 0.338 e. The van der Waals surface area contributed by atoms with E-state index in [0.29, 0.717) is 0 Å². The molecule has 0 aromatic heterocycles. The maximum atomic E-state index is 9.60. The van der Waals surface area contributed by atoms with Crippen LogP contribution < -0.4 is 0 Å². The molecule has 38 valence electrons. The summed E-state index contributed by atoms with van der Waals surface area (Å²) in [6.45, 7) is 2.91. The van der Waals surface area contributed by atoms with Crippen molar-refractivity contribution in [1.29, 1.82) is 0 Å². The molecule has 0 rings (SSSR count). The fraction of sp³-hybridized carbons (Fsp3) is 0. The molecule has 0 heterocycles. The van der Waals surface area contributed by atoms with Crippen LogP contribution in [0.3, 0.4) is 0 Å². The third-order valence-corrected chi connectivity index (χ3v) is 0.417. The molecule has 0 atom stereocenters. The number of carbonyl (C=O) groups excluding carboxylic acids is 1. The molecule has 0 aromatic rings. The zero-order valence-corrected chi connectivity index (χ0v) is 3.55. The molecule has 0 saturated heterocycles. The Morgan fingerprint density at radius 3 is 2.14 bits per heavy atom. The van der Waals surface area contributed by atoms with Gasteiger partial charge in [-0.15, -0.1) is 0 Å². The van der Waals surface area contributed by atoms with Gasteiger partial charge in [0.2, 0.25) is 0 Å². The summed E-state index contributed by atoms with van der Waals surface area (Å²) in [5.74, 6) is -1.27. The number of carboxylic acid groups (broad SMARTS) is 1. The highest BCUT2D eigenvalue weighted by Crippen LogP contribution is 1.78. The van der Waals surface area contributed by atoms with Gasteiger partial charge in [0.25, 0.3) is 0 Å². The van der Waals surface area contributed by atoms with Crippen molar-refractivity contribution in [2.45, 2.75) is 0 Å². The van der Waals surface area contributed by atoms with Crippen LogP contribution in [-0.4, -0.2) is 17.4 Å². The summed E-state index contributed by atoms with van der Waals surface area (Å²) in [4.78, 5) is 19.1. The largest absolute Gasteiger partial charge is 0.478 e. The van der Waals surface area contributed by atoms with Crippen LogP contribution in [0.2, 0.25) is 0 Å². The standard InChI is InChI=1S/C4H4O3/c1-3(2-5)4(6)7/h2H,1H2,(H,6,7). The molecule has 0 aliphatic carbocycles. The average molecular weight is 100 g/mol. The second-order valence-electron chi connectivity index (χ2n) is 0.948. The van der Waals surface area contributed by atoms with Gasteiger partial charge in [0.05, 0.1) is 5.57 Å². The van der Waals surface area contributed by atoms with E-state index in [1.807, 2.05) is 0 Å². The van der Waals surface area contributed by atoms with E-state index in [0.717, 1.165) is 0 Å². The summed E-state index contributed by atoms with van der Waals surface area (Å²) >= 11 is 0. The molecule has 0 aliphatic rings. The predicted octanol–water partition coefficient (Wildman–Crippen LogP) is -0.174. The zero-order chi connectivity index (χ0) is 5.86. The van der Waals surface area contributed by atoms with Gasteiger partial charge < -0.3 is 5.11 Å². The van der Waals surface area contributed by atoms with Crippen molar-refractivity contribution in [2.24, 2.45) is 0 Å². The fourth-order valence-electron chi connectivity index (χ4n) is 0.0504. The second kappa shape index (κ2) is 2.12. The van der Waals surface area contributed by atoms with Crippen molar-refractivity contribution in [3.63, 3.8) is 0 Å². The Balaban J connectivity index is 3.81. The molecule has 3 heteroatoms. The molecular formula is C4H4O3. The topological polar surface area (TPSA) is 54.4 Å². The number of carbonyl (C=O) groups is 2. The molecule has 0 radical (unpaired) electrons. The fourth-order valence-corrected chi connectivity index (χ4v) is 0.0504. The molecule has 0 unspecified atom stereocenters. The maximum absolute atomic E-state index is 9.60. The van der Waals surface area contributed by atoms with Crippen molar-refractivity contribution in [3.8, 4) is 0 Å². The van der Waals surface area contributed by atoms with Crippen LogP contribution in [-0.2, 0) is 9.59 Å². The third-order valence-electron chi connectivity index (χ3n) is 0.417. The number of rotatable bonds is 2. The third kappa shape index (κ3) is 1.70. The monoisotopic (exact) mass is 100 g/mol. The van der Waals surface area contributed by atoms with Crippen LogP contribution in [0, 0.1) is 0 Å². The van der Waals surface area contributed by atoms with E-state index >= 15 is 0 Å². The van der Waals surface area contributed by atoms with Crippen molar-refractivity contribution in [3.05, 3.63) is 12.2 Å². The van der Waals surface area contributed by atoms with Gasteiger partial charge in [-0.2, -0.15) is 0 Å². The van der Waals surface area contributed by atoms with Crippen LogP contribution in [0.4, 0.5) is 0 Å². The molecule has 0 saturated carbocycles. The SMILES string of the molecule is C=C(C=O)C(=O)O. The number of aldehydes is 1. The Morgan fingerprint density at radius 2 is 2.14 bits per heavy atom. The number of hydrogen-bond donors (Lipinski definition) is 1. The summed E-state index contributed by atoms with van der Waals surface area (Å²) in [7, 11) is 0. The van der Waals surface area contributed by atoms with Crippen LogP contribution in [0.25, 0.3) is 0 Å². The molecule has 0 aromatic carbocycles. The van der Waals surface area contributed by atoms with E-state index in [1.54, 1.807) is 0 Å². The quantitative estimate of drug-likeness (QED) is 0.227. The summed E-state index contributed by atoms with van der Waals surface area (Å²) in [6, 6.07) is 0. The lowest BCUT2D eigenvalue weighted by Gasteiger charge is -1.79. The normalized spacial score (nSPS) is 7.43. The lowest BCUT2D eigenvalue weighted by Crippen LogP contribution is -1.98. The van der Waals surface area contributed by atoms with Crippen molar-refractivity contribution < 1.29 is 14.7 Å². The summed E-state index contributed by atoms with van der Waals surface area (Å²) < 4.78 is 0. The van der Waals surface area contributed by atoms with Crippen LogP contribution in [0.1, 0.15) is 0 Å². The first-order chi connectivity index (χ1) is 3.18. The van der Waals surface area contributed by atoms with E-state index < -0.39 is 11.5 Å². The first-order valence-electron chi connectivity index (χ1n) is 1.56. The van der Waals surface area contributed by atoms with Gasteiger partial charge in [-0.05, 0) is 0 Å². The Morgan fingerprint density at radius 1 is 1.71 bits per heavy atom. The van der Waals surface area contributed by atoms with Gasteiger partial charge >= 0.3 is 5.97 Å². The summed E-state index contributed by atoms with van der Waals surface area (Å²) in [6.07, 6.45) is 0.197. The molecule has 0 fully saturated rings. The van der Waals surface area contributed by atoms with E-state index in [-0.39, 0.29) is 6.29 Å². The van der Waals surface area contributed by atoms with Crippen LogP contribution in [0.15, 0.2) is 12.2 Å². The Bertz CT molecular complexity index is 114. The highest BCUT2D eigenvalue weighted by Gasteiger charge is 1.97. The number of carboxylic acids is 1. The predicted molar refractivity (Wildman–Crippen MR) is 22.8 cm³/mol. The molecule has 0 bridgehead atoms. The van der Waals surface area contributed by atoms with Gasteiger partial charge in [-0.3, -0.25) is 4.79 Å². The van der Waals surface area contributed by atoms with Crippen molar-refractivity contribution >= 4 is 12.3 Å². The van der Waals surface area contributed by atoms with Gasteiger partial charge in [0, 0.05) is 0 Å². The molecule has 3 nitrogen and oxygen atoms in total.